The van der Waals surface area contributed by atoms with Crippen LogP contribution in [-0.2, 0) is 4.79 Å². The highest BCUT2D eigenvalue weighted by atomic mass is 35.6. The van der Waals surface area contributed by atoms with Gasteiger partial charge in [0.1, 0.15) is 6.17 Å². The monoisotopic (exact) mass is 463 g/mol. The molecule has 1 rings (SSSR count). The van der Waals surface area contributed by atoms with Gasteiger partial charge in [-0.05, 0) is 36.8 Å². The fraction of sp³-hybridized carbons (Fsp3) is 0.467. The molecule has 1 amide bonds. The highest BCUT2D eigenvalue weighted by Crippen LogP contribution is 2.30. The summed E-state index contributed by atoms with van der Waals surface area (Å²) >= 11 is 35.0. The number of amides is 1. The Bertz CT molecular complexity index is 609. The lowest BCUT2D eigenvalue weighted by Crippen LogP contribution is -2.56. The molecule has 0 heterocycles. The lowest BCUT2D eigenvalue weighted by Gasteiger charge is -2.28. The molecule has 0 aliphatic heterocycles. The number of thiocarbonyl (C=S) groups is 1. The maximum atomic E-state index is 12.0. The first kappa shape index (κ1) is 22.9. The minimum Gasteiger partial charge on any atom is -0.339 e. The molecule has 0 bridgehead atoms. The van der Waals surface area contributed by atoms with E-state index in [1.165, 1.54) is 0 Å². The van der Waals surface area contributed by atoms with Crippen LogP contribution in [0.5, 0.6) is 0 Å². The van der Waals surface area contributed by atoms with Gasteiger partial charge in [-0.3, -0.25) is 4.79 Å². The Morgan fingerprint density at radius 2 is 1.88 bits per heavy atom. The number of anilines is 1. The van der Waals surface area contributed by atoms with Crippen LogP contribution in [-0.4, -0.2) is 21.0 Å². The molecule has 0 aromatic heterocycles. The molecular weight excluding hydrogens is 448 g/mol. The summed E-state index contributed by atoms with van der Waals surface area (Å²) in [4.78, 5) is 12.0. The number of rotatable bonds is 7. The van der Waals surface area contributed by atoms with Crippen molar-refractivity contribution in [2.24, 2.45) is 0 Å². The number of halogens is 5. The van der Waals surface area contributed by atoms with Crippen LogP contribution < -0.4 is 16.0 Å². The van der Waals surface area contributed by atoms with E-state index in [4.69, 9.17) is 70.2 Å². The predicted octanol–water partition coefficient (Wildman–Crippen LogP) is 5.67. The molecule has 140 valence electrons. The molecule has 0 fully saturated rings. The lowest BCUT2D eigenvalue weighted by molar-refractivity contribution is -0.122. The van der Waals surface area contributed by atoms with Gasteiger partial charge in [0.15, 0.2) is 5.11 Å². The van der Waals surface area contributed by atoms with Crippen molar-refractivity contribution in [2.45, 2.75) is 42.6 Å². The predicted molar refractivity (Wildman–Crippen MR) is 112 cm³/mol. The topological polar surface area (TPSA) is 53.2 Å². The maximum Gasteiger partial charge on any atom is 0.228 e. The van der Waals surface area contributed by atoms with E-state index in [1.807, 2.05) is 0 Å². The molecule has 0 saturated carbocycles. The number of nitrogens with one attached hydrogen (secondary N) is 3. The van der Waals surface area contributed by atoms with Crippen LogP contribution in [0.2, 0.25) is 10.0 Å². The summed E-state index contributed by atoms with van der Waals surface area (Å²) in [5.74, 6) is -0.235. The molecule has 10 heteroatoms. The van der Waals surface area contributed by atoms with Crippen molar-refractivity contribution in [3.63, 3.8) is 0 Å². The van der Waals surface area contributed by atoms with E-state index in [-0.39, 0.29) is 11.0 Å². The Labute approximate surface area is 177 Å². The summed E-state index contributed by atoms with van der Waals surface area (Å²) in [7, 11) is 0. The van der Waals surface area contributed by atoms with Gasteiger partial charge in [-0.15, -0.1) is 0 Å². The normalized spacial score (nSPS) is 12.4. The number of hydrogen-bond acceptors (Lipinski definition) is 2. The summed E-state index contributed by atoms with van der Waals surface area (Å²) < 4.78 is -1.80. The first-order valence-corrected chi connectivity index (χ1v) is 9.82. The van der Waals surface area contributed by atoms with Crippen molar-refractivity contribution in [1.82, 2.24) is 10.6 Å². The molecule has 0 aliphatic rings. The summed E-state index contributed by atoms with van der Waals surface area (Å²) in [5, 5.41) is 9.27. The second kappa shape index (κ2) is 10.9. The van der Waals surface area contributed by atoms with Crippen LogP contribution in [0.1, 0.15) is 32.6 Å². The highest BCUT2D eigenvalue weighted by Gasteiger charge is 2.34. The van der Waals surface area contributed by atoms with E-state index in [1.54, 1.807) is 18.2 Å². The van der Waals surface area contributed by atoms with Crippen LogP contribution in [0.4, 0.5) is 5.69 Å². The van der Waals surface area contributed by atoms with Crippen LogP contribution >= 0.6 is 70.2 Å². The van der Waals surface area contributed by atoms with Gasteiger partial charge in [0.05, 0.1) is 10.7 Å². The van der Waals surface area contributed by atoms with Crippen LogP contribution in [0.25, 0.3) is 0 Å². The molecule has 0 aliphatic carbocycles. The molecule has 1 atom stereocenters. The second-order valence-electron chi connectivity index (χ2n) is 5.22. The molecule has 3 N–H and O–H groups in total. The molecule has 1 aromatic rings. The Kier molecular flexibility index (Phi) is 9.93. The third-order valence-corrected chi connectivity index (χ3v) is 4.53. The van der Waals surface area contributed by atoms with Gasteiger partial charge in [0, 0.05) is 11.4 Å². The van der Waals surface area contributed by atoms with Gasteiger partial charge in [-0.2, -0.15) is 0 Å². The molecule has 0 radical (unpaired) electrons. The average molecular weight is 466 g/mol. The molecular formula is C15H18Cl5N3OS. The first-order valence-electron chi connectivity index (χ1n) is 7.52. The van der Waals surface area contributed by atoms with E-state index in [9.17, 15) is 4.79 Å². The fourth-order valence-corrected chi connectivity index (χ4v) is 2.74. The Hall–Kier alpha value is -0.170. The summed E-state index contributed by atoms with van der Waals surface area (Å²) in [5.41, 5.74) is 0.490. The molecule has 25 heavy (non-hydrogen) atoms. The van der Waals surface area contributed by atoms with Gasteiger partial charge >= 0.3 is 0 Å². The van der Waals surface area contributed by atoms with Crippen LogP contribution in [0, 0.1) is 0 Å². The van der Waals surface area contributed by atoms with Crippen LogP contribution in [0.3, 0.4) is 0 Å². The number of unbranched alkanes of at least 4 members (excludes halogenated alkanes) is 2. The SMILES string of the molecule is CCCCCC(=O)NC(NC(=S)Nc1cc(Cl)ccc1Cl)C(Cl)(Cl)Cl. The lowest BCUT2D eigenvalue weighted by atomic mass is 10.2. The third-order valence-electron chi connectivity index (χ3n) is 3.09. The van der Waals surface area contributed by atoms with Gasteiger partial charge in [-0.1, -0.05) is 77.8 Å². The van der Waals surface area contributed by atoms with E-state index in [0.717, 1.165) is 19.3 Å². The Morgan fingerprint density at radius 1 is 1.20 bits per heavy atom. The quantitative estimate of drug-likeness (QED) is 0.210. The van der Waals surface area contributed by atoms with Crippen molar-refractivity contribution in [3.05, 3.63) is 28.2 Å². The summed E-state index contributed by atoms with van der Waals surface area (Å²) in [6.45, 7) is 2.05. The third kappa shape index (κ3) is 8.85. The minimum absolute atomic E-state index is 0.120. The van der Waals surface area contributed by atoms with Gasteiger partial charge in [0.25, 0.3) is 0 Å². The molecule has 4 nitrogen and oxygen atoms in total. The average Bonchev–Trinajstić information content (AvgIpc) is 2.49. The molecule has 1 unspecified atom stereocenters. The zero-order valence-electron chi connectivity index (χ0n) is 13.3. The number of alkyl halides is 3. The van der Waals surface area contributed by atoms with Crippen molar-refractivity contribution >= 4 is 86.9 Å². The van der Waals surface area contributed by atoms with Crippen molar-refractivity contribution in [3.8, 4) is 0 Å². The largest absolute Gasteiger partial charge is 0.339 e. The molecule has 0 spiro atoms. The van der Waals surface area contributed by atoms with Gasteiger partial charge in [-0.25, -0.2) is 0 Å². The number of carbonyl (C=O) groups excluding carboxylic acids is 1. The molecule has 1 aromatic carbocycles. The maximum absolute atomic E-state index is 12.0. The van der Waals surface area contributed by atoms with Gasteiger partial charge in [0.2, 0.25) is 9.70 Å². The molecule has 0 saturated heterocycles. The fourth-order valence-electron chi connectivity index (χ4n) is 1.85. The van der Waals surface area contributed by atoms with E-state index >= 15 is 0 Å². The van der Waals surface area contributed by atoms with Crippen molar-refractivity contribution in [2.75, 3.05) is 5.32 Å². The number of hydrogen-bond donors (Lipinski definition) is 3. The number of carbonyl (C=O) groups is 1. The van der Waals surface area contributed by atoms with E-state index in [2.05, 4.69) is 22.9 Å². The zero-order valence-corrected chi connectivity index (χ0v) is 17.9. The number of benzene rings is 1. The van der Waals surface area contributed by atoms with Crippen molar-refractivity contribution in [1.29, 1.82) is 0 Å². The second-order valence-corrected chi connectivity index (χ2v) is 8.84. The summed E-state index contributed by atoms with van der Waals surface area (Å²) in [6, 6.07) is 4.87. The smallest absolute Gasteiger partial charge is 0.228 e. The first-order chi connectivity index (χ1) is 11.6. The summed E-state index contributed by atoms with van der Waals surface area (Å²) in [6.07, 6.45) is 2.05. The van der Waals surface area contributed by atoms with E-state index < -0.39 is 9.96 Å². The van der Waals surface area contributed by atoms with E-state index in [0.29, 0.717) is 22.2 Å². The standard InChI is InChI=1S/C15H18Cl5N3OS/c1-2-3-4-5-12(24)22-13(15(18,19)20)23-14(25)21-11-8-9(16)6-7-10(11)17/h6-8,13H,2-5H2,1H3,(H,22,24)(H2,21,23,25). The Balaban J connectivity index is 2.70. The highest BCUT2D eigenvalue weighted by molar-refractivity contribution is 7.80. The Morgan fingerprint density at radius 3 is 2.48 bits per heavy atom. The zero-order chi connectivity index (χ0) is 19.0. The van der Waals surface area contributed by atoms with Crippen molar-refractivity contribution < 1.29 is 4.79 Å². The van der Waals surface area contributed by atoms with Gasteiger partial charge < -0.3 is 16.0 Å². The van der Waals surface area contributed by atoms with Crippen LogP contribution in [0.15, 0.2) is 18.2 Å². The minimum atomic E-state index is -1.80.